The van der Waals surface area contributed by atoms with Crippen molar-refractivity contribution in [3.63, 3.8) is 0 Å². The van der Waals surface area contributed by atoms with Crippen molar-refractivity contribution in [1.29, 1.82) is 0 Å². The quantitative estimate of drug-likeness (QED) is 0.851. The van der Waals surface area contributed by atoms with Gasteiger partial charge in [0.1, 0.15) is 5.82 Å². The van der Waals surface area contributed by atoms with Crippen molar-refractivity contribution in [2.24, 2.45) is 5.92 Å². The molecule has 3 heterocycles. The number of hydrogen-bond acceptors (Lipinski definition) is 5. The third-order valence-electron chi connectivity index (χ3n) is 3.77. The third-order valence-corrected chi connectivity index (χ3v) is 3.77. The van der Waals surface area contributed by atoms with Gasteiger partial charge in [-0.3, -0.25) is 0 Å². The molecule has 0 amide bonds. The number of pyridine rings is 1. The molecule has 0 radical (unpaired) electrons. The molecule has 8 heteroatoms. The largest absolute Gasteiger partial charge is 0.470 e. The van der Waals surface area contributed by atoms with Gasteiger partial charge in [0.25, 0.3) is 0 Å². The third kappa shape index (κ3) is 3.05. The Kier molecular flexibility index (Phi) is 3.76. The maximum atomic E-state index is 12.4. The molecule has 2 aromatic rings. The van der Waals surface area contributed by atoms with Crippen LogP contribution >= 0.6 is 0 Å². The van der Waals surface area contributed by atoms with E-state index in [1.807, 2.05) is 0 Å². The second-order valence-electron chi connectivity index (χ2n) is 5.48. The second-order valence-corrected chi connectivity index (χ2v) is 5.48. The van der Waals surface area contributed by atoms with Gasteiger partial charge >= 0.3 is 12.1 Å². The van der Waals surface area contributed by atoms with Crippen molar-refractivity contribution in [1.82, 2.24) is 15.2 Å². The van der Waals surface area contributed by atoms with E-state index >= 15 is 0 Å². The molecule has 0 aliphatic carbocycles. The summed E-state index contributed by atoms with van der Waals surface area (Å²) in [5.74, 6) is -0.00356. The molecule has 3 rings (SSSR count). The highest BCUT2D eigenvalue weighted by Gasteiger charge is 2.38. The van der Waals surface area contributed by atoms with Crippen molar-refractivity contribution in [2.45, 2.75) is 25.9 Å². The Morgan fingerprint density at radius 3 is 2.45 bits per heavy atom. The SMILES string of the molecule is CC1CCN(c2ccc(-c3nnc(C(F)(F)F)o3)cn2)CC1. The summed E-state index contributed by atoms with van der Waals surface area (Å²) in [4.78, 5) is 6.46. The average Bonchev–Trinajstić information content (AvgIpc) is 2.98. The first kappa shape index (κ1) is 14.8. The molecule has 22 heavy (non-hydrogen) atoms. The van der Waals surface area contributed by atoms with Gasteiger partial charge in [0.05, 0.1) is 5.56 Å². The second kappa shape index (κ2) is 5.58. The van der Waals surface area contributed by atoms with Crippen LogP contribution in [0, 0.1) is 5.92 Å². The van der Waals surface area contributed by atoms with E-state index in [1.54, 1.807) is 12.1 Å². The molecular formula is C14H15F3N4O. The lowest BCUT2D eigenvalue weighted by atomic mass is 9.99. The maximum Gasteiger partial charge on any atom is 0.470 e. The van der Waals surface area contributed by atoms with Crippen LogP contribution in [0.4, 0.5) is 19.0 Å². The van der Waals surface area contributed by atoms with Crippen LogP contribution in [0.15, 0.2) is 22.7 Å². The van der Waals surface area contributed by atoms with Crippen LogP contribution in [0.1, 0.15) is 25.7 Å². The summed E-state index contributed by atoms with van der Waals surface area (Å²) in [5, 5.41) is 6.42. The molecule has 0 aromatic carbocycles. The average molecular weight is 312 g/mol. The summed E-state index contributed by atoms with van der Waals surface area (Å²) >= 11 is 0. The summed E-state index contributed by atoms with van der Waals surface area (Å²) in [5.41, 5.74) is 0.372. The van der Waals surface area contributed by atoms with E-state index in [0.29, 0.717) is 5.56 Å². The Hall–Kier alpha value is -2.12. The van der Waals surface area contributed by atoms with Crippen LogP contribution in [-0.4, -0.2) is 28.3 Å². The number of alkyl halides is 3. The normalized spacial score (nSPS) is 17.0. The molecule has 0 spiro atoms. The Balaban J connectivity index is 1.75. The topological polar surface area (TPSA) is 55.1 Å². The van der Waals surface area contributed by atoms with Gasteiger partial charge in [-0.15, -0.1) is 10.2 Å². The molecule has 1 fully saturated rings. The fourth-order valence-electron chi connectivity index (χ4n) is 2.39. The van der Waals surface area contributed by atoms with Crippen LogP contribution in [-0.2, 0) is 6.18 Å². The van der Waals surface area contributed by atoms with Crippen molar-refractivity contribution in [3.8, 4) is 11.5 Å². The molecule has 118 valence electrons. The van der Waals surface area contributed by atoms with Crippen LogP contribution in [0.3, 0.4) is 0 Å². The fourth-order valence-corrected chi connectivity index (χ4v) is 2.39. The molecule has 0 unspecified atom stereocenters. The zero-order valence-electron chi connectivity index (χ0n) is 12.0. The molecule has 0 atom stereocenters. The molecule has 0 N–H and O–H groups in total. The van der Waals surface area contributed by atoms with E-state index in [0.717, 1.165) is 37.7 Å². The number of hydrogen-bond donors (Lipinski definition) is 0. The van der Waals surface area contributed by atoms with E-state index in [-0.39, 0.29) is 5.89 Å². The lowest BCUT2D eigenvalue weighted by Crippen LogP contribution is -2.33. The zero-order chi connectivity index (χ0) is 15.7. The first-order valence-corrected chi connectivity index (χ1v) is 7.05. The standard InChI is InChI=1S/C14H15F3N4O/c1-9-4-6-21(7-5-9)11-3-2-10(8-18-11)12-19-20-13(22-12)14(15,16)17/h2-3,8-9H,4-7H2,1H3. The smallest absolute Gasteiger partial charge is 0.413 e. The number of rotatable bonds is 2. The molecule has 1 aliphatic rings. The molecule has 0 saturated carbocycles. The van der Waals surface area contributed by atoms with Gasteiger partial charge in [0, 0.05) is 19.3 Å². The summed E-state index contributed by atoms with van der Waals surface area (Å²) in [6.07, 6.45) is -0.950. The predicted octanol–water partition coefficient (Wildman–Crippen LogP) is 3.39. The van der Waals surface area contributed by atoms with Crippen LogP contribution in [0.5, 0.6) is 0 Å². The minimum Gasteiger partial charge on any atom is -0.413 e. The highest BCUT2D eigenvalue weighted by Crippen LogP contribution is 2.30. The molecular weight excluding hydrogens is 297 g/mol. The van der Waals surface area contributed by atoms with Gasteiger partial charge in [-0.2, -0.15) is 13.2 Å². The first-order valence-electron chi connectivity index (χ1n) is 7.05. The Morgan fingerprint density at radius 2 is 1.91 bits per heavy atom. The number of piperidine rings is 1. The van der Waals surface area contributed by atoms with Gasteiger partial charge in [-0.1, -0.05) is 6.92 Å². The van der Waals surface area contributed by atoms with E-state index in [9.17, 15) is 13.2 Å². The first-order chi connectivity index (χ1) is 10.4. The van der Waals surface area contributed by atoms with E-state index in [4.69, 9.17) is 0 Å². The van der Waals surface area contributed by atoms with Gasteiger partial charge in [-0.05, 0) is 30.9 Å². The maximum absolute atomic E-state index is 12.4. The van der Waals surface area contributed by atoms with E-state index in [2.05, 4.69) is 31.4 Å². The summed E-state index contributed by atoms with van der Waals surface area (Å²) in [6, 6.07) is 3.41. The van der Waals surface area contributed by atoms with Gasteiger partial charge < -0.3 is 9.32 Å². The Bertz CT molecular complexity index is 630. The van der Waals surface area contributed by atoms with Crippen molar-refractivity contribution in [2.75, 3.05) is 18.0 Å². The molecule has 1 aliphatic heterocycles. The van der Waals surface area contributed by atoms with E-state index < -0.39 is 12.1 Å². The molecule has 5 nitrogen and oxygen atoms in total. The highest BCUT2D eigenvalue weighted by molar-refractivity contribution is 5.54. The zero-order valence-corrected chi connectivity index (χ0v) is 12.0. The summed E-state index contributed by atoms with van der Waals surface area (Å²) in [6.45, 7) is 4.10. The highest BCUT2D eigenvalue weighted by atomic mass is 19.4. The van der Waals surface area contributed by atoms with Crippen LogP contribution in [0.25, 0.3) is 11.5 Å². The Morgan fingerprint density at radius 1 is 1.18 bits per heavy atom. The number of anilines is 1. The van der Waals surface area contributed by atoms with Crippen molar-refractivity contribution >= 4 is 5.82 Å². The van der Waals surface area contributed by atoms with Crippen molar-refractivity contribution in [3.05, 3.63) is 24.2 Å². The number of nitrogens with zero attached hydrogens (tertiary/aromatic N) is 4. The predicted molar refractivity (Wildman–Crippen MR) is 73.1 cm³/mol. The molecule has 2 aromatic heterocycles. The van der Waals surface area contributed by atoms with Gasteiger partial charge in [0.2, 0.25) is 5.89 Å². The minimum absolute atomic E-state index is 0.182. The fraction of sp³-hybridized carbons (Fsp3) is 0.500. The van der Waals surface area contributed by atoms with Crippen LogP contribution < -0.4 is 4.90 Å². The lowest BCUT2D eigenvalue weighted by molar-refractivity contribution is -0.156. The number of halogens is 3. The van der Waals surface area contributed by atoms with Gasteiger partial charge in [-0.25, -0.2) is 4.98 Å². The van der Waals surface area contributed by atoms with Crippen molar-refractivity contribution < 1.29 is 17.6 Å². The van der Waals surface area contributed by atoms with E-state index in [1.165, 1.54) is 6.20 Å². The summed E-state index contributed by atoms with van der Waals surface area (Å²) < 4.78 is 41.9. The number of aromatic nitrogens is 3. The monoisotopic (exact) mass is 312 g/mol. The van der Waals surface area contributed by atoms with Gasteiger partial charge in [0.15, 0.2) is 0 Å². The summed E-state index contributed by atoms with van der Waals surface area (Å²) in [7, 11) is 0. The van der Waals surface area contributed by atoms with Crippen LogP contribution in [0.2, 0.25) is 0 Å². The Labute approximate surface area is 125 Å². The minimum atomic E-state index is -4.64. The molecule has 0 bridgehead atoms. The molecule has 1 saturated heterocycles. The lowest BCUT2D eigenvalue weighted by Gasteiger charge is -2.31.